The molecular weight excluding hydrogens is 332 g/mol. The molecule has 2 N–H and O–H groups in total. The van der Waals surface area contributed by atoms with Gasteiger partial charge in [-0.3, -0.25) is 14.4 Å². The second-order valence-corrected chi connectivity index (χ2v) is 8.02. The minimum atomic E-state index is -3.57. The predicted octanol–water partition coefficient (Wildman–Crippen LogP) is 1.99. The highest BCUT2D eigenvalue weighted by molar-refractivity contribution is 5.94. The Hall–Kier alpha value is -1.33. The summed E-state index contributed by atoms with van der Waals surface area (Å²) in [5.74, 6) is -9.69. The molecule has 6 atom stereocenters. The highest BCUT2D eigenvalue weighted by Crippen LogP contribution is 2.66. The van der Waals surface area contributed by atoms with E-state index < -0.39 is 108 Å². The fraction of sp³-hybridized carbons (Fsp3) is 0.762. The van der Waals surface area contributed by atoms with E-state index in [9.17, 15) is 26.0 Å². The third kappa shape index (κ3) is 2.07. The largest absolute Gasteiger partial charge is 0.388 e. The summed E-state index contributed by atoms with van der Waals surface area (Å²) in [7, 11) is 0. The molecule has 0 bridgehead atoms. The lowest BCUT2D eigenvalue weighted by atomic mass is 9.46. The molecule has 0 aromatic rings. The molecule has 142 valence electrons. The van der Waals surface area contributed by atoms with Gasteiger partial charge in [-0.05, 0) is 55.4 Å². The van der Waals surface area contributed by atoms with Crippen LogP contribution in [-0.4, -0.2) is 39.7 Å². The standard InChI is InChI=1S/C21H28O5/c1-19-7-5-13(23)9-12(19)3-4-14-15-6-8-21(26,17(25)11-22)20(15,2)10-16(24)18(14)19/h9,14-15,18,22,26H,3-8,10-11H2,1-2H3/t14-,15-,18+,19-,20-,21-/m1/s1/i3D2,5D2,9D,10D2,11D2,18D. The van der Waals surface area contributed by atoms with Crippen molar-refractivity contribution in [2.75, 3.05) is 6.56 Å². The van der Waals surface area contributed by atoms with Gasteiger partial charge >= 0.3 is 0 Å². The van der Waals surface area contributed by atoms with Crippen molar-refractivity contribution in [1.82, 2.24) is 0 Å². The van der Waals surface area contributed by atoms with Gasteiger partial charge in [-0.1, -0.05) is 19.4 Å². The first-order valence-corrected chi connectivity index (χ1v) is 8.70. The fourth-order valence-corrected chi connectivity index (χ4v) is 5.36. The van der Waals surface area contributed by atoms with E-state index >= 15 is 0 Å². The second-order valence-electron chi connectivity index (χ2n) is 8.02. The van der Waals surface area contributed by atoms with Gasteiger partial charge in [0.15, 0.2) is 11.6 Å². The molecule has 0 saturated heterocycles. The van der Waals surface area contributed by atoms with Crippen molar-refractivity contribution in [2.45, 2.75) is 64.3 Å². The van der Waals surface area contributed by atoms with Crippen molar-refractivity contribution in [2.24, 2.45) is 28.6 Å². The number of Topliss-reactive ketones (excluding diaryl/α,β-unsaturated/α-hetero) is 2. The first-order valence-electron chi connectivity index (χ1n) is 13.7. The minimum absolute atomic E-state index is 0.211. The van der Waals surface area contributed by atoms with E-state index in [4.69, 9.17) is 12.3 Å². The number of carbonyl (C=O) groups is 3. The number of ketones is 3. The van der Waals surface area contributed by atoms with Crippen LogP contribution in [0.25, 0.3) is 0 Å². The Labute approximate surface area is 167 Å². The Morgan fingerprint density at radius 2 is 2.12 bits per heavy atom. The summed E-state index contributed by atoms with van der Waals surface area (Å²) in [5, 5.41) is 21.2. The summed E-state index contributed by atoms with van der Waals surface area (Å²) in [6, 6.07) is -0.989. The van der Waals surface area contributed by atoms with Gasteiger partial charge in [0.2, 0.25) is 0 Å². The number of allylic oxidation sites excluding steroid dienone is 1. The van der Waals surface area contributed by atoms with Crippen LogP contribution in [0.15, 0.2) is 11.6 Å². The molecule has 0 radical (unpaired) electrons. The average Bonchev–Trinajstić information content (AvgIpc) is 2.99. The van der Waals surface area contributed by atoms with Gasteiger partial charge < -0.3 is 10.2 Å². The molecule has 4 aliphatic rings. The minimum Gasteiger partial charge on any atom is -0.388 e. The molecule has 0 unspecified atom stereocenters. The monoisotopic (exact) mass is 370 g/mol. The van der Waals surface area contributed by atoms with Gasteiger partial charge in [-0.25, -0.2) is 0 Å². The summed E-state index contributed by atoms with van der Waals surface area (Å²) in [5.41, 5.74) is -7.88. The molecule has 0 aromatic carbocycles. The summed E-state index contributed by atoms with van der Waals surface area (Å²) in [4.78, 5) is 39.5. The molecule has 5 heteroatoms. The van der Waals surface area contributed by atoms with Crippen LogP contribution in [0.3, 0.4) is 0 Å². The van der Waals surface area contributed by atoms with Crippen molar-refractivity contribution in [3.8, 4) is 0 Å². The molecule has 3 saturated carbocycles. The molecule has 5 nitrogen and oxygen atoms in total. The Morgan fingerprint density at radius 1 is 1.38 bits per heavy atom. The highest BCUT2D eigenvalue weighted by Gasteiger charge is 2.68. The van der Waals surface area contributed by atoms with Crippen LogP contribution >= 0.6 is 0 Å². The number of fused-ring (bicyclic) bond motifs is 5. The number of carbonyl (C=O) groups excluding carboxylic acids is 3. The Kier molecular flexibility index (Phi) is 2.09. The van der Waals surface area contributed by atoms with Gasteiger partial charge in [0, 0.05) is 33.7 Å². The van der Waals surface area contributed by atoms with Crippen LogP contribution in [0.4, 0.5) is 0 Å². The van der Waals surface area contributed by atoms with Crippen molar-refractivity contribution >= 4 is 17.3 Å². The van der Waals surface area contributed by atoms with Crippen molar-refractivity contribution in [3.05, 3.63) is 11.6 Å². The lowest BCUT2D eigenvalue weighted by Gasteiger charge is -2.57. The van der Waals surface area contributed by atoms with E-state index in [1.165, 1.54) is 6.92 Å². The molecule has 0 aliphatic heterocycles. The SMILES string of the molecule is [2H]C1=C2C([2H])([2H])C[C@@H]3[C@H]4CC[C@@](O)(C(=O)C([2H])([2H])O)[C@]4(C)C([2H])([2H])C(=O)[C@@]3([2H])[C@]2(C)CC([2H])([2H])C1=O. The Balaban J connectivity index is 2.03. The van der Waals surface area contributed by atoms with Crippen molar-refractivity contribution < 1.29 is 38.3 Å². The molecular formula is C21H28O5. The van der Waals surface area contributed by atoms with E-state index in [-0.39, 0.29) is 6.42 Å². The summed E-state index contributed by atoms with van der Waals surface area (Å²) in [6.07, 6.45) is -10.6. The maximum absolute atomic E-state index is 14.0. The quantitative estimate of drug-likeness (QED) is 0.776. The second kappa shape index (κ2) is 5.59. The van der Waals surface area contributed by atoms with E-state index in [2.05, 4.69) is 0 Å². The molecule has 3 fully saturated rings. The van der Waals surface area contributed by atoms with E-state index in [1.807, 2.05) is 0 Å². The lowest BCUT2D eigenvalue weighted by Crippen LogP contribution is -2.60. The number of hydrogen-bond acceptors (Lipinski definition) is 5. The first-order chi connectivity index (χ1) is 15.9. The molecule has 0 amide bonds. The first kappa shape index (κ1) is 9.74. The molecule has 0 heterocycles. The molecule has 0 spiro atoms. The van der Waals surface area contributed by atoms with Crippen LogP contribution in [0.2, 0.25) is 0 Å². The summed E-state index contributed by atoms with van der Waals surface area (Å²) < 4.78 is 83.9. The van der Waals surface area contributed by atoms with E-state index in [0.29, 0.717) is 0 Å². The van der Waals surface area contributed by atoms with Crippen LogP contribution in [0, 0.1) is 28.6 Å². The highest BCUT2D eigenvalue weighted by atomic mass is 16.3. The van der Waals surface area contributed by atoms with E-state index in [1.54, 1.807) is 0 Å². The van der Waals surface area contributed by atoms with Crippen LogP contribution in [-0.2, 0) is 14.4 Å². The van der Waals surface area contributed by atoms with Gasteiger partial charge in [0.1, 0.15) is 17.9 Å². The normalized spacial score (nSPS) is 62.9. The Bertz CT molecular complexity index is 1130. The van der Waals surface area contributed by atoms with Gasteiger partial charge in [-0.15, -0.1) is 0 Å². The summed E-state index contributed by atoms with van der Waals surface area (Å²) in [6.45, 7) is -1.31. The number of aliphatic hydroxyl groups is 2. The average molecular weight is 371 g/mol. The zero-order valence-corrected chi connectivity index (χ0v) is 14.6. The maximum Gasteiger partial charge on any atom is 0.190 e. The van der Waals surface area contributed by atoms with Crippen LogP contribution < -0.4 is 0 Å². The molecule has 0 aromatic heterocycles. The van der Waals surface area contributed by atoms with Gasteiger partial charge in [0.25, 0.3) is 0 Å². The van der Waals surface area contributed by atoms with Crippen LogP contribution in [0.1, 0.15) is 72.4 Å². The number of hydrogen-bond donors (Lipinski definition) is 2. The third-order valence-corrected chi connectivity index (χ3v) is 6.86. The molecule has 4 aliphatic carbocycles. The Morgan fingerprint density at radius 3 is 2.81 bits per heavy atom. The smallest absolute Gasteiger partial charge is 0.190 e. The lowest BCUT2D eigenvalue weighted by molar-refractivity contribution is -0.170. The fourth-order valence-electron chi connectivity index (χ4n) is 5.36. The zero-order valence-electron chi connectivity index (χ0n) is 24.6. The molecule has 26 heavy (non-hydrogen) atoms. The van der Waals surface area contributed by atoms with Crippen molar-refractivity contribution in [3.63, 3.8) is 0 Å². The van der Waals surface area contributed by atoms with Gasteiger partial charge in [-0.2, -0.15) is 0 Å². The topological polar surface area (TPSA) is 91.7 Å². The predicted molar refractivity (Wildman–Crippen MR) is 94.1 cm³/mol. The zero-order chi connectivity index (χ0) is 27.9. The summed E-state index contributed by atoms with van der Waals surface area (Å²) >= 11 is 0. The van der Waals surface area contributed by atoms with Crippen LogP contribution in [0.5, 0.6) is 0 Å². The third-order valence-electron chi connectivity index (χ3n) is 6.86. The van der Waals surface area contributed by atoms with E-state index in [0.717, 1.165) is 6.92 Å². The maximum atomic E-state index is 14.0. The van der Waals surface area contributed by atoms with Crippen molar-refractivity contribution in [1.29, 1.82) is 0 Å². The number of rotatable bonds is 2. The molecule has 4 rings (SSSR count). The van der Waals surface area contributed by atoms with Gasteiger partial charge in [0.05, 0.1) is 4.11 Å².